The third kappa shape index (κ3) is 9.80. The average molecular weight is 501 g/mol. The summed E-state index contributed by atoms with van der Waals surface area (Å²) in [5, 5.41) is 0. The summed E-state index contributed by atoms with van der Waals surface area (Å²) in [6, 6.07) is 22.5. The van der Waals surface area contributed by atoms with Crippen LogP contribution in [0.1, 0.15) is 76.1 Å². The summed E-state index contributed by atoms with van der Waals surface area (Å²) in [6.07, 6.45) is 12.2. The lowest BCUT2D eigenvalue weighted by molar-refractivity contribution is 0.0734. The van der Waals surface area contributed by atoms with Crippen LogP contribution < -0.4 is 14.2 Å². The van der Waals surface area contributed by atoms with E-state index in [1.165, 1.54) is 32.1 Å². The van der Waals surface area contributed by atoms with Crippen molar-refractivity contribution in [3.63, 3.8) is 0 Å². The second kappa shape index (κ2) is 15.6. The first-order valence-corrected chi connectivity index (χ1v) is 13.6. The van der Waals surface area contributed by atoms with Crippen molar-refractivity contribution in [2.75, 3.05) is 6.61 Å². The highest BCUT2D eigenvalue weighted by molar-refractivity contribution is 5.91. The molecule has 0 fully saturated rings. The highest BCUT2D eigenvalue weighted by Gasteiger charge is 2.10. The van der Waals surface area contributed by atoms with Crippen LogP contribution in [0, 0.1) is 5.92 Å². The fourth-order valence-corrected chi connectivity index (χ4v) is 3.71. The van der Waals surface area contributed by atoms with Gasteiger partial charge in [-0.15, -0.1) is 0 Å². The third-order valence-electron chi connectivity index (χ3n) is 6.35. The smallest absolute Gasteiger partial charge is 0.343 e. The molecule has 0 aliphatic rings. The van der Waals surface area contributed by atoms with Crippen molar-refractivity contribution in [1.29, 1.82) is 0 Å². The number of benzene rings is 3. The zero-order valence-corrected chi connectivity index (χ0v) is 22.5. The van der Waals surface area contributed by atoms with Crippen molar-refractivity contribution in [1.82, 2.24) is 0 Å². The van der Waals surface area contributed by atoms with Crippen LogP contribution in [0.25, 0.3) is 11.1 Å². The van der Waals surface area contributed by atoms with Crippen LogP contribution in [-0.2, 0) is 0 Å². The molecule has 0 spiro atoms. The van der Waals surface area contributed by atoms with E-state index in [-0.39, 0.29) is 0 Å². The third-order valence-corrected chi connectivity index (χ3v) is 6.35. The van der Waals surface area contributed by atoms with Gasteiger partial charge in [0.2, 0.25) is 0 Å². The predicted molar refractivity (Wildman–Crippen MR) is 151 cm³/mol. The van der Waals surface area contributed by atoms with Crippen molar-refractivity contribution in [3.05, 3.63) is 90.7 Å². The minimum atomic E-state index is -0.392. The molecule has 1 unspecified atom stereocenters. The maximum Gasteiger partial charge on any atom is 0.343 e. The number of unbranched alkanes of at least 4 members (excludes halogenated alkanes) is 5. The number of carbonyl (C=O) groups excluding carboxylic acids is 1. The van der Waals surface area contributed by atoms with Gasteiger partial charge in [-0.3, -0.25) is 0 Å². The summed E-state index contributed by atoms with van der Waals surface area (Å²) in [6.45, 7) is 7.29. The molecular weight excluding hydrogens is 460 g/mol. The van der Waals surface area contributed by atoms with Gasteiger partial charge in [-0.1, -0.05) is 77.1 Å². The van der Waals surface area contributed by atoms with Gasteiger partial charge >= 0.3 is 5.97 Å². The summed E-state index contributed by atoms with van der Waals surface area (Å²) < 4.78 is 17.0. The molecule has 1 atom stereocenters. The van der Waals surface area contributed by atoms with E-state index in [2.05, 4.69) is 26.8 Å². The Balaban J connectivity index is 1.46. The number of allylic oxidation sites excluding steroid dienone is 1. The molecule has 4 heteroatoms. The van der Waals surface area contributed by atoms with Crippen molar-refractivity contribution >= 4 is 5.97 Å². The number of carbonyl (C=O) groups is 1. The molecule has 3 aromatic carbocycles. The van der Waals surface area contributed by atoms with Crippen LogP contribution in [0.3, 0.4) is 0 Å². The van der Waals surface area contributed by atoms with Gasteiger partial charge in [0, 0.05) is 0 Å². The molecule has 0 saturated heterocycles. The number of hydrogen-bond acceptors (Lipinski definition) is 4. The van der Waals surface area contributed by atoms with Gasteiger partial charge in [0.25, 0.3) is 0 Å². The zero-order valence-electron chi connectivity index (χ0n) is 22.5. The molecule has 0 saturated carbocycles. The summed E-state index contributed by atoms with van der Waals surface area (Å²) in [7, 11) is 0. The molecule has 0 aliphatic carbocycles. The molecule has 0 aromatic heterocycles. The molecule has 37 heavy (non-hydrogen) atoms. The second-order valence-electron chi connectivity index (χ2n) is 9.48. The van der Waals surface area contributed by atoms with Crippen LogP contribution in [0.2, 0.25) is 0 Å². The molecule has 0 amide bonds. The molecule has 3 aromatic rings. The predicted octanol–water partition coefficient (Wildman–Crippen LogP) is 9.25. The summed E-state index contributed by atoms with van der Waals surface area (Å²) in [4.78, 5) is 12.6. The molecule has 0 bridgehead atoms. The average Bonchev–Trinajstić information content (AvgIpc) is 2.94. The van der Waals surface area contributed by atoms with Crippen LogP contribution >= 0.6 is 0 Å². The first-order chi connectivity index (χ1) is 18.1. The normalized spacial score (nSPS) is 11.9. The zero-order chi connectivity index (χ0) is 26.3. The Morgan fingerprint density at radius 2 is 1.35 bits per heavy atom. The molecule has 0 heterocycles. The van der Waals surface area contributed by atoms with E-state index in [0.29, 0.717) is 23.0 Å². The number of esters is 1. The van der Waals surface area contributed by atoms with Crippen molar-refractivity contribution in [2.24, 2.45) is 5.92 Å². The molecule has 4 nitrogen and oxygen atoms in total. The van der Waals surface area contributed by atoms with Gasteiger partial charge in [0.1, 0.15) is 17.2 Å². The van der Waals surface area contributed by atoms with Gasteiger partial charge in [-0.05, 0) is 84.5 Å². The fourth-order valence-electron chi connectivity index (χ4n) is 3.71. The molecule has 0 radical (unpaired) electrons. The van der Waals surface area contributed by atoms with E-state index < -0.39 is 5.97 Å². The SMILES string of the molecule is CCCCCCCC=COc1ccc(OC(=O)c2ccc(-c3ccc(OCC(C)CC)cc3)cc2)cc1. The van der Waals surface area contributed by atoms with E-state index in [0.717, 1.165) is 36.3 Å². The topological polar surface area (TPSA) is 44.8 Å². The van der Waals surface area contributed by atoms with E-state index in [1.54, 1.807) is 42.7 Å². The van der Waals surface area contributed by atoms with Crippen LogP contribution in [0.4, 0.5) is 0 Å². The van der Waals surface area contributed by atoms with E-state index in [4.69, 9.17) is 14.2 Å². The second-order valence-corrected chi connectivity index (χ2v) is 9.48. The van der Waals surface area contributed by atoms with Crippen molar-refractivity contribution in [2.45, 2.75) is 65.7 Å². The maximum atomic E-state index is 12.6. The summed E-state index contributed by atoms with van der Waals surface area (Å²) >= 11 is 0. The number of rotatable bonds is 15. The Hall–Kier alpha value is -3.53. The lowest BCUT2D eigenvalue weighted by atomic mass is 10.0. The monoisotopic (exact) mass is 500 g/mol. The van der Waals surface area contributed by atoms with Crippen LogP contribution in [-0.4, -0.2) is 12.6 Å². The molecular formula is C33H40O4. The standard InChI is InChI=1S/C33H40O4/c1-4-6-7-8-9-10-11-24-35-30-20-22-32(23-21-30)37-33(34)29-14-12-27(13-15-29)28-16-18-31(19-17-28)36-25-26(3)5-2/h11-24,26H,4-10,25H2,1-3H3. The number of hydrogen-bond donors (Lipinski definition) is 0. The molecule has 0 N–H and O–H groups in total. The van der Waals surface area contributed by atoms with Crippen LogP contribution in [0.5, 0.6) is 17.2 Å². The summed E-state index contributed by atoms with van der Waals surface area (Å²) in [5.74, 6) is 2.21. The highest BCUT2D eigenvalue weighted by Crippen LogP contribution is 2.24. The highest BCUT2D eigenvalue weighted by atomic mass is 16.5. The van der Waals surface area contributed by atoms with E-state index in [1.807, 2.05) is 36.4 Å². The van der Waals surface area contributed by atoms with Gasteiger partial charge < -0.3 is 14.2 Å². The van der Waals surface area contributed by atoms with Crippen molar-refractivity contribution < 1.29 is 19.0 Å². The first-order valence-electron chi connectivity index (χ1n) is 13.6. The van der Waals surface area contributed by atoms with Gasteiger partial charge in [-0.25, -0.2) is 4.79 Å². The van der Waals surface area contributed by atoms with Crippen molar-refractivity contribution in [3.8, 4) is 28.4 Å². The Kier molecular flexibility index (Phi) is 11.8. The first kappa shape index (κ1) is 28.0. The minimum absolute atomic E-state index is 0.392. The van der Waals surface area contributed by atoms with Gasteiger partial charge in [0.05, 0.1) is 18.4 Å². The maximum absolute atomic E-state index is 12.6. The Morgan fingerprint density at radius 3 is 2.00 bits per heavy atom. The number of ether oxygens (including phenoxy) is 3. The van der Waals surface area contributed by atoms with Gasteiger partial charge in [-0.2, -0.15) is 0 Å². The largest absolute Gasteiger partial charge is 0.493 e. The minimum Gasteiger partial charge on any atom is -0.493 e. The van der Waals surface area contributed by atoms with Crippen LogP contribution in [0.15, 0.2) is 85.1 Å². The van der Waals surface area contributed by atoms with E-state index >= 15 is 0 Å². The molecule has 196 valence electrons. The summed E-state index contributed by atoms with van der Waals surface area (Å²) in [5.41, 5.74) is 2.59. The molecule has 3 rings (SSSR count). The Bertz CT molecular complexity index is 1080. The lowest BCUT2D eigenvalue weighted by Crippen LogP contribution is -2.08. The van der Waals surface area contributed by atoms with E-state index in [9.17, 15) is 4.79 Å². The Labute approximate surface area is 222 Å². The Morgan fingerprint density at radius 1 is 0.757 bits per heavy atom. The molecule has 0 aliphatic heterocycles. The fraction of sp³-hybridized carbons (Fsp3) is 0.364. The quantitative estimate of drug-likeness (QED) is 0.0903. The lowest BCUT2D eigenvalue weighted by Gasteiger charge is -2.11. The van der Waals surface area contributed by atoms with Gasteiger partial charge in [0.15, 0.2) is 0 Å².